The van der Waals surface area contributed by atoms with E-state index in [-0.39, 0.29) is 5.82 Å². The molecule has 2 unspecified atom stereocenters. The van der Waals surface area contributed by atoms with Crippen LogP contribution in [0, 0.1) is 17.1 Å². The first-order chi connectivity index (χ1) is 11.2. The second-order valence-corrected chi connectivity index (χ2v) is 6.17. The van der Waals surface area contributed by atoms with E-state index in [1.165, 1.54) is 12.6 Å². The highest BCUT2D eigenvalue weighted by atomic mass is 19.1. The molecule has 0 radical (unpaired) electrons. The summed E-state index contributed by atoms with van der Waals surface area (Å²) in [7, 11) is 0. The minimum Gasteiger partial charge on any atom is -0.362 e. The molecule has 0 amide bonds. The second kappa shape index (κ2) is 5.60. The van der Waals surface area contributed by atoms with Crippen LogP contribution >= 0.6 is 0 Å². The molecule has 0 N–H and O–H groups in total. The summed E-state index contributed by atoms with van der Waals surface area (Å²) in [6, 6.07) is 8.25. The van der Waals surface area contributed by atoms with E-state index in [0.717, 1.165) is 30.9 Å². The quantitative estimate of drug-likeness (QED) is 0.867. The largest absolute Gasteiger partial charge is 0.362 e. The lowest BCUT2D eigenvalue weighted by Gasteiger charge is -2.57. The van der Waals surface area contributed by atoms with E-state index in [9.17, 15) is 4.39 Å². The number of rotatable bonds is 3. The number of hydrogen-bond acceptors (Lipinski definition) is 5. The van der Waals surface area contributed by atoms with Gasteiger partial charge < -0.3 is 4.90 Å². The second-order valence-electron chi connectivity index (χ2n) is 6.17. The van der Waals surface area contributed by atoms with Crippen LogP contribution < -0.4 is 4.90 Å². The molecule has 2 aromatic heterocycles. The van der Waals surface area contributed by atoms with Crippen LogP contribution in [0.2, 0.25) is 0 Å². The lowest BCUT2D eigenvalue weighted by Crippen LogP contribution is -2.68. The lowest BCUT2D eigenvalue weighted by atomic mass is 9.86. The van der Waals surface area contributed by atoms with Gasteiger partial charge in [-0.3, -0.25) is 9.88 Å². The van der Waals surface area contributed by atoms with Gasteiger partial charge in [0.15, 0.2) is 0 Å². The van der Waals surface area contributed by atoms with Crippen LogP contribution in [0.3, 0.4) is 0 Å². The highest BCUT2D eigenvalue weighted by Gasteiger charge is 2.44. The van der Waals surface area contributed by atoms with Gasteiger partial charge in [-0.15, -0.1) is 0 Å². The molecule has 23 heavy (non-hydrogen) atoms. The van der Waals surface area contributed by atoms with Crippen molar-refractivity contribution in [2.45, 2.75) is 25.0 Å². The standard InChI is InChI=1S/C17H16FN5/c18-13-3-12(6-20-7-13)9-22-10-16-4-17(11-22)23(16)15-2-1-14(5-19)21-8-15/h1-3,6-8,16-17H,4,9-11H2. The predicted molar refractivity (Wildman–Crippen MR) is 83.1 cm³/mol. The van der Waals surface area contributed by atoms with E-state index in [2.05, 4.69) is 19.8 Å². The van der Waals surface area contributed by atoms with E-state index in [4.69, 9.17) is 5.26 Å². The summed E-state index contributed by atoms with van der Waals surface area (Å²) in [5.41, 5.74) is 2.44. The zero-order valence-electron chi connectivity index (χ0n) is 12.6. The summed E-state index contributed by atoms with van der Waals surface area (Å²) in [4.78, 5) is 12.8. The van der Waals surface area contributed by atoms with Crippen molar-refractivity contribution >= 4 is 5.69 Å². The summed E-state index contributed by atoms with van der Waals surface area (Å²) in [5.74, 6) is -0.282. The molecule has 0 spiro atoms. The van der Waals surface area contributed by atoms with E-state index >= 15 is 0 Å². The Labute approximate surface area is 134 Å². The van der Waals surface area contributed by atoms with Gasteiger partial charge in [0.2, 0.25) is 0 Å². The number of piperidine rings is 1. The predicted octanol–water partition coefficient (Wildman–Crippen LogP) is 1.95. The third-order valence-electron chi connectivity index (χ3n) is 4.60. The van der Waals surface area contributed by atoms with Gasteiger partial charge in [-0.05, 0) is 30.2 Å². The van der Waals surface area contributed by atoms with Crippen LogP contribution in [0.1, 0.15) is 17.7 Å². The van der Waals surface area contributed by atoms with Crippen LogP contribution in [0.5, 0.6) is 0 Å². The summed E-state index contributed by atoms with van der Waals surface area (Å²) in [6.07, 6.45) is 5.92. The molecule has 3 fully saturated rings. The van der Waals surface area contributed by atoms with E-state index in [1.807, 2.05) is 12.1 Å². The number of nitrogens with zero attached hydrogens (tertiary/aromatic N) is 5. The van der Waals surface area contributed by atoms with Crippen molar-refractivity contribution in [2.75, 3.05) is 18.0 Å². The van der Waals surface area contributed by atoms with Crippen molar-refractivity contribution in [3.63, 3.8) is 0 Å². The van der Waals surface area contributed by atoms with E-state index in [1.54, 1.807) is 24.5 Å². The molecule has 116 valence electrons. The molecule has 5 heterocycles. The first-order valence-electron chi connectivity index (χ1n) is 7.69. The van der Waals surface area contributed by atoms with Crippen molar-refractivity contribution in [1.29, 1.82) is 5.26 Å². The van der Waals surface area contributed by atoms with Crippen molar-refractivity contribution < 1.29 is 4.39 Å². The monoisotopic (exact) mass is 309 g/mol. The Balaban J connectivity index is 1.43. The topological polar surface area (TPSA) is 56.1 Å². The van der Waals surface area contributed by atoms with E-state index in [0.29, 0.717) is 17.8 Å². The Morgan fingerprint density at radius 1 is 1.22 bits per heavy atom. The molecule has 2 bridgehead atoms. The Bertz CT molecular complexity index is 742. The molecule has 0 saturated carbocycles. The molecule has 6 heteroatoms. The Morgan fingerprint density at radius 3 is 2.70 bits per heavy atom. The Morgan fingerprint density at radius 2 is 2.04 bits per heavy atom. The van der Waals surface area contributed by atoms with Gasteiger partial charge in [0.1, 0.15) is 17.6 Å². The molecule has 3 aliphatic heterocycles. The van der Waals surface area contributed by atoms with Crippen LogP contribution in [-0.2, 0) is 6.54 Å². The van der Waals surface area contributed by atoms with Crippen LogP contribution in [0.4, 0.5) is 10.1 Å². The van der Waals surface area contributed by atoms with Gasteiger partial charge >= 0.3 is 0 Å². The van der Waals surface area contributed by atoms with E-state index < -0.39 is 0 Å². The number of halogens is 1. The maximum atomic E-state index is 13.2. The van der Waals surface area contributed by atoms with Gasteiger partial charge in [-0.2, -0.15) is 5.26 Å². The fraction of sp³-hybridized carbons (Fsp3) is 0.353. The summed E-state index contributed by atoms with van der Waals surface area (Å²) >= 11 is 0. The normalized spacial score (nSPS) is 23.2. The van der Waals surface area contributed by atoms with Crippen LogP contribution in [0.25, 0.3) is 0 Å². The fourth-order valence-corrected chi connectivity index (χ4v) is 3.65. The number of pyridine rings is 2. The summed E-state index contributed by atoms with van der Waals surface area (Å²) in [5, 5.41) is 8.83. The Hall–Kier alpha value is -2.52. The molecule has 5 nitrogen and oxygen atoms in total. The number of hydrogen-bond donors (Lipinski definition) is 0. The first kappa shape index (κ1) is 14.1. The molecule has 3 aliphatic rings. The average molecular weight is 309 g/mol. The molecular weight excluding hydrogens is 293 g/mol. The number of fused-ring (bicyclic) bond motifs is 2. The molecule has 5 rings (SSSR count). The highest BCUT2D eigenvalue weighted by Crippen LogP contribution is 2.37. The first-order valence-corrected chi connectivity index (χ1v) is 7.69. The van der Waals surface area contributed by atoms with Gasteiger partial charge in [-0.1, -0.05) is 0 Å². The number of anilines is 1. The highest BCUT2D eigenvalue weighted by molar-refractivity contribution is 5.52. The van der Waals surface area contributed by atoms with Crippen molar-refractivity contribution in [2.24, 2.45) is 0 Å². The van der Waals surface area contributed by atoms with Crippen LogP contribution in [-0.4, -0.2) is 40.0 Å². The molecule has 2 atom stereocenters. The van der Waals surface area contributed by atoms with Crippen molar-refractivity contribution in [3.8, 4) is 6.07 Å². The number of nitriles is 1. The fourth-order valence-electron chi connectivity index (χ4n) is 3.65. The van der Waals surface area contributed by atoms with Gasteiger partial charge in [0.05, 0.1) is 18.1 Å². The summed E-state index contributed by atoms with van der Waals surface area (Å²) in [6.45, 7) is 2.64. The molecule has 0 aliphatic carbocycles. The number of piperazine rings is 1. The third-order valence-corrected chi connectivity index (χ3v) is 4.60. The maximum absolute atomic E-state index is 13.2. The molecule has 0 aromatic carbocycles. The van der Waals surface area contributed by atoms with Gasteiger partial charge in [0, 0.05) is 37.9 Å². The third kappa shape index (κ3) is 2.64. The SMILES string of the molecule is N#Cc1ccc(N2C3CC2CN(Cc2cncc(F)c2)C3)cn1. The van der Waals surface area contributed by atoms with Crippen LogP contribution in [0.15, 0.2) is 36.8 Å². The minimum absolute atomic E-state index is 0.282. The maximum Gasteiger partial charge on any atom is 0.141 e. The lowest BCUT2D eigenvalue weighted by molar-refractivity contribution is 0.108. The smallest absolute Gasteiger partial charge is 0.141 e. The zero-order chi connectivity index (χ0) is 15.8. The van der Waals surface area contributed by atoms with Crippen molar-refractivity contribution in [1.82, 2.24) is 14.9 Å². The average Bonchev–Trinajstić information content (AvgIpc) is 2.55. The molecule has 2 aromatic rings. The zero-order valence-corrected chi connectivity index (χ0v) is 12.6. The van der Waals surface area contributed by atoms with Gasteiger partial charge in [-0.25, -0.2) is 9.37 Å². The molecule has 3 saturated heterocycles. The minimum atomic E-state index is -0.282. The molecular formula is C17H16FN5. The summed E-state index contributed by atoms with van der Waals surface area (Å²) < 4.78 is 13.2. The number of aromatic nitrogens is 2. The Kier molecular flexibility index (Phi) is 3.43. The van der Waals surface area contributed by atoms with Gasteiger partial charge in [0.25, 0.3) is 0 Å². The van der Waals surface area contributed by atoms with Crippen molar-refractivity contribution in [3.05, 3.63) is 53.9 Å².